The van der Waals surface area contributed by atoms with Crippen molar-refractivity contribution in [1.82, 2.24) is 0 Å². The van der Waals surface area contributed by atoms with Crippen LogP contribution in [0.25, 0.3) is 11.1 Å². The Kier molecular flexibility index (Phi) is 3.79. The van der Waals surface area contributed by atoms with Crippen LogP contribution >= 0.6 is 0 Å². The van der Waals surface area contributed by atoms with Crippen LogP contribution in [-0.2, 0) is 11.2 Å². The van der Waals surface area contributed by atoms with Gasteiger partial charge in [0.15, 0.2) is 11.2 Å². The zero-order valence-corrected chi connectivity index (χ0v) is 10.5. The van der Waals surface area contributed by atoms with E-state index in [2.05, 4.69) is 0 Å². The highest BCUT2D eigenvalue weighted by Crippen LogP contribution is 2.25. The monoisotopic (exact) mass is 262 g/mol. The smallest absolute Gasteiger partial charge is 0.152 e. The van der Waals surface area contributed by atoms with Crippen LogP contribution in [0.1, 0.15) is 10.4 Å². The zero-order valence-electron chi connectivity index (χ0n) is 9.72. The van der Waals surface area contributed by atoms with Gasteiger partial charge < -0.3 is 4.55 Å². The number of hydrogen-bond acceptors (Lipinski definition) is 2. The number of hydrogen-bond donors (Lipinski definition) is 0. The molecule has 0 aromatic heterocycles. The van der Waals surface area contributed by atoms with Crippen LogP contribution in [0.4, 0.5) is 4.39 Å². The van der Waals surface area contributed by atoms with Gasteiger partial charge in [-0.2, -0.15) is 0 Å². The highest BCUT2D eigenvalue weighted by Gasteiger charge is 2.08. The van der Waals surface area contributed by atoms with Crippen molar-refractivity contribution in [3.05, 3.63) is 53.8 Å². The van der Waals surface area contributed by atoms with Crippen molar-refractivity contribution in [3.63, 3.8) is 0 Å². The lowest BCUT2D eigenvalue weighted by Gasteiger charge is -2.07. The number of aldehydes is 1. The molecule has 0 spiro atoms. The molecule has 0 fully saturated rings. The molecule has 0 saturated heterocycles. The van der Waals surface area contributed by atoms with Gasteiger partial charge in [-0.1, -0.05) is 0 Å². The standard InChI is InChI=1S/C14H11FO2S/c1-18(17)13-6-3-10(4-7-13)14-8-12(15)5-2-11(14)9-16/h2-9H,1H3. The van der Waals surface area contributed by atoms with Crippen molar-refractivity contribution in [3.8, 4) is 11.1 Å². The number of benzene rings is 2. The molecule has 2 aromatic rings. The quantitative estimate of drug-likeness (QED) is 0.630. The first kappa shape index (κ1) is 12.8. The van der Waals surface area contributed by atoms with Gasteiger partial charge in [0.05, 0.1) is 0 Å². The van der Waals surface area contributed by atoms with E-state index in [1.807, 2.05) is 0 Å². The second kappa shape index (κ2) is 5.33. The average Bonchev–Trinajstić information content (AvgIpc) is 2.39. The summed E-state index contributed by atoms with van der Waals surface area (Å²) in [5.74, 6) is -0.390. The molecule has 0 aliphatic carbocycles. The SMILES string of the molecule is C[S+]([O-])c1ccc(-c2cc(F)ccc2C=O)cc1. The third-order valence-electron chi connectivity index (χ3n) is 2.64. The summed E-state index contributed by atoms with van der Waals surface area (Å²) in [6.07, 6.45) is 2.29. The maximum absolute atomic E-state index is 13.2. The summed E-state index contributed by atoms with van der Waals surface area (Å²) in [7, 11) is 0. The first-order chi connectivity index (χ1) is 8.61. The van der Waals surface area contributed by atoms with Crippen molar-refractivity contribution in [2.24, 2.45) is 0 Å². The third-order valence-corrected chi connectivity index (χ3v) is 3.58. The van der Waals surface area contributed by atoms with Crippen LogP contribution < -0.4 is 0 Å². The highest BCUT2D eigenvalue weighted by molar-refractivity contribution is 7.90. The molecule has 0 saturated carbocycles. The highest BCUT2D eigenvalue weighted by atomic mass is 32.2. The summed E-state index contributed by atoms with van der Waals surface area (Å²) in [4.78, 5) is 11.6. The molecule has 18 heavy (non-hydrogen) atoms. The lowest BCUT2D eigenvalue weighted by atomic mass is 10.0. The van der Waals surface area contributed by atoms with Crippen LogP contribution in [0.5, 0.6) is 0 Å². The minimum Gasteiger partial charge on any atom is -0.612 e. The van der Waals surface area contributed by atoms with Crippen molar-refractivity contribution in [2.45, 2.75) is 4.90 Å². The van der Waals surface area contributed by atoms with E-state index >= 15 is 0 Å². The van der Waals surface area contributed by atoms with E-state index in [-0.39, 0.29) is 0 Å². The van der Waals surface area contributed by atoms with Gasteiger partial charge in [0.1, 0.15) is 12.1 Å². The summed E-state index contributed by atoms with van der Waals surface area (Å²) >= 11 is -1.05. The Hall–Kier alpha value is -1.65. The molecule has 92 valence electrons. The molecule has 2 aromatic carbocycles. The molecular formula is C14H11FO2S. The van der Waals surface area contributed by atoms with Crippen molar-refractivity contribution < 1.29 is 13.7 Å². The molecular weight excluding hydrogens is 251 g/mol. The molecule has 0 heterocycles. The average molecular weight is 262 g/mol. The summed E-state index contributed by atoms with van der Waals surface area (Å²) in [6, 6.07) is 10.9. The van der Waals surface area contributed by atoms with Gasteiger partial charge >= 0.3 is 0 Å². The molecule has 0 amide bonds. The van der Waals surface area contributed by atoms with Gasteiger partial charge in [-0.25, -0.2) is 4.39 Å². The topological polar surface area (TPSA) is 40.1 Å². The van der Waals surface area contributed by atoms with E-state index in [0.717, 1.165) is 5.56 Å². The van der Waals surface area contributed by atoms with Crippen molar-refractivity contribution in [2.75, 3.05) is 6.26 Å². The van der Waals surface area contributed by atoms with E-state index < -0.39 is 17.0 Å². The normalized spacial score (nSPS) is 12.2. The molecule has 4 heteroatoms. The van der Waals surface area contributed by atoms with Gasteiger partial charge in [0, 0.05) is 5.56 Å². The summed E-state index contributed by atoms with van der Waals surface area (Å²) in [6.45, 7) is 0. The fourth-order valence-electron chi connectivity index (χ4n) is 1.71. The van der Waals surface area contributed by atoms with E-state index in [4.69, 9.17) is 0 Å². The summed E-state index contributed by atoms with van der Waals surface area (Å²) in [5, 5.41) is 0. The van der Waals surface area contributed by atoms with E-state index in [9.17, 15) is 13.7 Å². The Morgan fingerprint density at radius 2 is 1.83 bits per heavy atom. The third kappa shape index (κ3) is 2.60. The van der Waals surface area contributed by atoms with E-state index in [0.29, 0.717) is 22.3 Å². The van der Waals surface area contributed by atoms with Crippen molar-refractivity contribution >= 4 is 17.5 Å². The van der Waals surface area contributed by atoms with Gasteiger partial charge in [-0.3, -0.25) is 4.79 Å². The molecule has 2 nitrogen and oxygen atoms in total. The lowest BCUT2D eigenvalue weighted by Crippen LogP contribution is -1.96. The Morgan fingerprint density at radius 3 is 2.39 bits per heavy atom. The molecule has 0 N–H and O–H groups in total. The maximum Gasteiger partial charge on any atom is 0.152 e. The second-order valence-corrected chi connectivity index (χ2v) is 5.21. The van der Waals surface area contributed by atoms with Crippen LogP contribution in [0.15, 0.2) is 47.4 Å². The predicted octanol–water partition coefficient (Wildman–Crippen LogP) is 3.04. The molecule has 0 aliphatic heterocycles. The van der Waals surface area contributed by atoms with Gasteiger partial charge in [-0.05, 0) is 64.8 Å². The van der Waals surface area contributed by atoms with E-state index in [1.54, 1.807) is 30.5 Å². The molecule has 0 bridgehead atoms. The Labute approximate surface area is 108 Å². The van der Waals surface area contributed by atoms with Gasteiger partial charge in [0.25, 0.3) is 0 Å². The number of halogens is 1. The van der Waals surface area contributed by atoms with E-state index in [1.165, 1.54) is 18.2 Å². The fraction of sp³-hybridized carbons (Fsp3) is 0.0714. The number of carbonyl (C=O) groups excluding carboxylic acids is 1. The van der Waals surface area contributed by atoms with Gasteiger partial charge in [0.2, 0.25) is 0 Å². The van der Waals surface area contributed by atoms with Crippen LogP contribution in [0, 0.1) is 5.82 Å². The Morgan fingerprint density at radius 1 is 1.17 bits per heavy atom. The molecule has 1 unspecified atom stereocenters. The van der Waals surface area contributed by atoms with Crippen molar-refractivity contribution in [1.29, 1.82) is 0 Å². The molecule has 2 rings (SSSR count). The zero-order chi connectivity index (χ0) is 13.1. The van der Waals surface area contributed by atoms with Crippen LogP contribution in [-0.4, -0.2) is 17.1 Å². The minimum atomic E-state index is -1.05. The molecule has 0 aliphatic rings. The Bertz CT molecular complexity index is 565. The Balaban J connectivity index is 2.48. The lowest BCUT2D eigenvalue weighted by molar-refractivity contribution is 0.112. The number of rotatable bonds is 3. The summed E-state index contributed by atoms with van der Waals surface area (Å²) in [5.41, 5.74) is 1.70. The molecule has 0 radical (unpaired) electrons. The minimum absolute atomic E-state index is 0.390. The van der Waals surface area contributed by atoms with Gasteiger partial charge in [-0.15, -0.1) is 0 Å². The largest absolute Gasteiger partial charge is 0.612 e. The van der Waals surface area contributed by atoms with Crippen LogP contribution in [0.2, 0.25) is 0 Å². The maximum atomic E-state index is 13.2. The first-order valence-corrected chi connectivity index (χ1v) is 6.86. The summed E-state index contributed by atoms with van der Waals surface area (Å²) < 4.78 is 24.5. The second-order valence-electron chi connectivity index (χ2n) is 3.83. The van der Waals surface area contributed by atoms with Crippen LogP contribution in [0.3, 0.4) is 0 Å². The number of carbonyl (C=O) groups is 1. The predicted molar refractivity (Wildman–Crippen MR) is 69.6 cm³/mol. The molecule has 1 atom stereocenters. The first-order valence-electron chi connectivity index (χ1n) is 5.30. The fourth-order valence-corrected chi connectivity index (χ4v) is 2.23.